The van der Waals surface area contributed by atoms with E-state index in [1.165, 1.54) is 22.9 Å². The first kappa shape index (κ1) is 27.2. The van der Waals surface area contributed by atoms with Gasteiger partial charge in [0, 0.05) is 16.1 Å². The van der Waals surface area contributed by atoms with Crippen molar-refractivity contribution in [3.05, 3.63) is 95.6 Å². The smallest absolute Gasteiger partial charge is 0.282 e. The number of hydrogen-bond donors (Lipinski definition) is 1. The third-order valence-electron chi connectivity index (χ3n) is 5.15. The van der Waals surface area contributed by atoms with Crippen LogP contribution in [0, 0.1) is 5.82 Å². The molecule has 1 heterocycles. The summed E-state index contributed by atoms with van der Waals surface area (Å²) in [6, 6.07) is 14.5. The van der Waals surface area contributed by atoms with E-state index in [9.17, 15) is 14.0 Å². The second-order valence-electron chi connectivity index (χ2n) is 8.31. The lowest BCUT2D eigenvalue weighted by Crippen LogP contribution is -2.23. The van der Waals surface area contributed by atoms with Crippen LogP contribution >= 0.6 is 47.8 Å². The molecule has 0 unspecified atom stereocenters. The molecule has 0 aliphatic heterocycles. The highest BCUT2D eigenvalue weighted by Crippen LogP contribution is 2.34. The Labute approximate surface area is 237 Å². The Morgan fingerprint density at radius 2 is 1.86 bits per heavy atom. The highest BCUT2D eigenvalue weighted by Gasteiger charge is 2.15. The molecule has 1 N–H and O–H groups in total. The monoisotopic (exact) mass is 692 g/mol. The second kappa shape index (κ2) is 11.7. The number of amides is 1. The first-order chi connectivity index (χ1) is 17.6. The van der Waals surface area contributed by atoms with Crippen LogP contribution in [0.1, 0.15) is 31.2 Å². The SMILES string of the molecule is CC(C)c1nc2ccc(Br)cc2c(=O)n1N=Cc1cc(Br)c(OCC(=O)Nc2cccc(F)c2)c(Br)c1. The van der Waals surface area contributed by atoms with Crippen LogP contribution in [0.15, 0.2) is 77.9 Å². The topological polar surface area (TPSA) is 85.6 Å². The molecule has 1 amide bonds. The number of carbonyl (C=O) groups is 1. The maximum absolute atomic E-state index is 13.3. The van der Waals surface area contributed by atoms with Gasteiger partial charge in [-0.1, -0.05) is 35.8 Å². The molecule has 1 aromatic heterocycles. The highest BCUT2D eigenvalue weighted by atomic mass is 79.9. The highest BCUT2D eigenvalue weighted by molar-refractivity contribution is 9.11. The number of benzene rings is 3. The largest absolute Gasteiger partial charge is 0.481 e. The summed E-state index contributed by atoms with van der Waals surface area (Å²) in [5.74, 6) is 0.0237. The number of ether oxygens (including phenoxy) is 1. The summed E-state index contributed by atoms with van der Waals surface area (Å²) in [7, 11) is 0. The fraction of sp³-hybridized carbons (Fsp3) is 0.154. The first-order valence-corrected chi connectivity index (χ1v) is 13.4. The molecule has 11 heteroatoms. The van der Waals surface area contributed by atoms with Crippen LogP contribution in [-0.2, 0) is 4.79 Å². The van der Waals surface area contributed by atoms with Gasteiger partial charge in [-0.15, -0.1) is 0 Å². The molecule has 0 aliphatic rings. The van der Waals surface area contributed by atoms with Crippen LogP contribution in [-0.4, -0.2) is 28.4 Å². The van der Waals surface area contributed by atoms with Crippen LogP contribution in [0.25, 0.3) is 10.9 Å². The van der Waals surface area contributed by atoms with E-state index in [0.29, 0.717) is 42.7 Å². The van der Waals surface area contributed by atoms with E-state index >= 15 is 0 Å². The summed E-state index contributed by atoms with van der Waals surface area (Å²) in [6.07, 6.45) is 1.55. The molecule has 37 heavy (non-hydrogen) atoms. The maximum atomic E-state index is 13.3. The number of rotatable bonds is 7. The molecule has 0 saturated heterocycles. The summed E-state index contributed by atoms with van der Waals surface area (Å²) in [5.41, 5.74) is 1.35. The van der Waals surface area contributed by atoms with E-state index in [0.717, 1.165) is 4.47 Å². The summed E-state index contributed by atoms with van der Waals surface area (Å²) in [6.45, 7) is 3.61. The lowest BCUT2D eigenvalue weighted by Gasteiger charge is -2.13. The Morgan fingerprint density at radius 3 is 2.54 bits per heavy atom. The molecule has 0 radical (unpaired) electrons. The zero-order valence-corrected chi connectivity index (χ0v) is 24.4. The van der Waals surface area contributed by atoms with Gasteiger partial charge in [-0.3, -0.25) is 9.59 Å². The molecule has 4 rings (SSSR count). The zero-order chi connectivity index (χ0) is 26.7. The molecule has 190 valence electrons. The lowest BCUT2D eigenvalue weighted by atomic mass is 10.2. The summed E-state index contributed by atoms with van der Waals surface area (Å²) < 4.78 is 22.2. The fourth-order valence-corrected chi connectivity index (χ4v) is 5.28. The molecule has 0 bridgehead atoms. The molecule has 0 saturated carbocycles. The predicted octanol–water partition coefficient (Wildman–Crippen LogP) is 6.85. The van der Waals surface area contributed by atoms with Crippen molar-refractivity contribution in [2.24, 2.45) is 5.10 Å². The third kappa shape index (κ3) is 6.52. The van der Waals surface area contributed by atoms with Gasteiger partial charge in [-0.05, 0) is 86.0 Å². The zero-order valence-electron chi connectivity index (χ0n) is 19.6. The Bertz CT molecular complexity index is 1560. The molecule has 0 atom stereocenters. The van der Waals surface area contributed by atoms with Gasteiger partial charge < -0.3 is 10.1 Å². The molecule has 4 aromatic rings. The van der Waals surface area contributed by atoms with Crippen molar-refractivity contribution in [2.75, 3.05) is 11.9 Å². The van der Waals surface area contributed by atoms with Crippen molar-refractivity contribution in [1.82, 2.24) is 9.66 Å². The minimum absolute atomic E-state index is 0.0364. The molecule has 3 aromatic carbocycles. The number of nitrogens with zero attached hydrogens (tertiary/aromatic N) is 3. The Balaban J connectivity index is 1.56. The van der Waals surface area contributed by atoms with E-state index in [4.69, 9.17) is 4.74 Å². The average molecular weight is 695 g/mol. The van der Waals surface area contributed by atoms with E-state index in [1.54, 1.807) is 36.5 Å². The van der Waals surface area contributed by atoms with Gasteiger partial charge in [-0.25, -0.2) is 9.37 Å². The van der Waals surface area contributed by atoms with Crippen molar-refractivity contribution >= 4 is 76.5 Å². The maximum Gasteiger partial charge on any atom is 0.282 e. The van der Waals surface area contributed by atoms with E-state index in [-0.39, 0.29) is 18.1 Å². The minimum Gasteiger partial charge on any atom is -0.481 e. The number of anilines is 1. The average Bonchev–Trinajstić information content (AvgIpc) is 2.83. The number of fused-ring (bicyclic) bond motifs is 1. The Hall–Kier alpha value is -2.89. The van der Waals surface area contributed by atoms with E-state index in [1.807, 2.05) is 19.9 Å². The number of halogens is 4. The number of aromatic nitrogens is 2. The molecule has 0 fully saturated rings. The van der Waals surface area contributed by atoms with E-state index < -0.39 is 11.7 Å². The van der Waals surface area contributed by atoms with Crippen LogP contribution in [0.4, 0.5) is 10.1 Å². The van der Waals surface area contributed by atoms with Crippen LogP contribution in [0.2, 0.25) is 0 Å². The number of hydrogen-bond acceptors (Lipinski definition) is 5. The molecule has 7 nitrogen and oxygen atoms in total. The van der Waals surface area contributed by atoms with Crippen molar-refractivity contribution in [2.45, 2.75) is 19.8 Å². The Morgan fingerprint density at radius 1 is 1.14 bits per heavy atom. The van der Waals surface area contributed by atoms with Crippen molar-refractivity contribution in [3.8, 4) is 5.75 Å². The standard InChI is InChI=1S/C26H20Br3FN4O3/c1-14(2)25-33-22-7-6-16(27)10-19(22)26(36)34(25)31-12-15-8-20(28)24(21(29)9-15)37-13-23(35)32-18-5-3-4-17(30)11-18/h3-12,14H,13H2,1-2H3,(H,32,35). The van der Waals surface area contributed by atoms with Crippen LogP contribution in [0.3, 0.4) is 0 Å². The molecular weight excluding hydrogens is 675 g/mol. The summed E-state index contributed by atoms with van der Waals surface area (Å²) in [5, 5.41) is 7.48. The summed E-state index contributed by atoms with van der Waals surface area (Å²) in [4.78, 5) is 30.1. The lowest BCUT2D eigenvalue weighted by molar-refractivity contribution is -0.118. The predicted molar refractivity (Wildman–Crippen MR) is 153 cm³/mol. The van der Waals surface area contributed by atoms with Crippen molar-refractivity contribution in [3.63, 3.8) is 0 Å². The first-order valence-electron chi connectivity index (χ1n) is 11.1. The number of nitrogens with one attached hydrogen (secondary N) is 1. The van der Waals surface area contributed by atoms with E-state index in [2.05, 4.69) is 63.2 Å². The van der Waals surface area contributed by atoms with Gasteiger partial charge in [0.2, 0.25) is 0 Å². The van der Waals surface area contributed by atoms with Gasteiger partial charge in [0.15, 0.2) is 6.61 Å². The van der Waals surface area contributed by atoms with Crippen molar-refractivity contribution < 1.29 is 13.9 Å². The fourth-order valence-electron chi connectivity index (χ4n) is 3.47. The van der Waals surface area contributed by atoms with Gasteiger partial charge >= 0.3 is 0 Å². The Kier molecular flexibility index (Phi) is 8.56. The third-order valence-corrected chi connectivity index (χ3v) is 6.82. The van der Waals surface area contributed by atoms with Gasteiger partial charge in [0.25, 0.3) is 11.5 Å². The van der Waals surface area contributed by atoms with Crippen LogP contribution in [0.5, 0.6) is 5.75 Å². The van der Waals surface area contributed by atoms with Crippen LogP contribution < -0.4 is 15.6 Å². The quantitative estimate of drug-likeness (QED) is 0.215. The molecular formula is C26H20Br3FN4O3. The number of carbonyl (C=O) groups excluding carboxylic acids is 1. The molecule has 0 spiro atoms. The second-order valence-corrected chi connectivity index (χ2v) is 10.9. The van der Waals surface area contributed by atoms with Gasteiger partial charge in [0.1, 0.15) is 17.4 Å². The summed E-state index contributed by atoms with van der Waals surface area (Å²) >= 11 is 10.3. The van der Waals surface area contributed by atoms with Gasteiger partial charge in [0.05, 0.1) is 26.1 Å². The normalized spacial score (nSPS) is 11.4. The molecule has 0 aliphatic carbocycles. The van der Waals surface area contributed by atoms with Crippen molar-refractivity contribution in [1.29, 1.82) is 0 Å². The van der Waals surface area contributed by atoms with Gasteiger partial charge in [-0.2, -0.15) is 9.78 Å². The minimum atomic E-state index is -0.448.